The highest BCUT2D eigenvalue weighted by molar-refractivity contribution is 6.06. The first-order valence-corrected chi connectivity index (χ1v) is 6.94. The number of amides is 1. The molecule has 3 aromatic rings. The van der Waals surface area contributed by atoms with Crippen LogP contribution in [0.5, 0.6) is 0 Å². The van der Waals surface area contributed by atoms with Gasteiger partial charge in [-0.1, -0.05) is 6.07 Å². The SMILES string of the molecule is COC(=O)c1cccc(NC(=O)c2ccc3nc(C)oc3c2)c1. The van der Waals surface area contributed by atoms with Crippen LogP contribution >= 0.6 is 0 Å². The third-order valence-electron chi connectivity index (χ3n) is 3.30. The summed E-state index contributed by atoms with van der Waals surface area (Å²) in [6.45, 7) is 1.75. The highest BCUT2D eigenvalue weighted by Gasteiger charge is 2.11. The predicted molar refractivity (Wildman–Crippen MR) is 84.5 cm³/mol. The number of aryl methyl sites for hydroxylation is 1. The van der Waals surface area contributed by atoms with Crippen LogP contribution in [0.2, 0.25) is 0 Å². The Labute approximate surface area is 132 Å². The number of benzene rings is 2. The number of aromatic nitrogens is 1. The van der Waals surface area contributed by atoms with Gasteiger partial charge in [-0.2, -0.15) is 0 Å². The maximum Gasteiger partial charge on any atom is 0.337 e. The summed E-state index contributed by atoms with van der Waals surface area (Å²) in [4.78, 5) is 28.0. The van der Waals surface area contributed by atoms with Crippen LogP contribution < -0.4 is 5.32 Å². The topological polar surface area (TPSA) is 81.4 Å². The largest absolute Gasteiger partial charge is 0.465 e. The van der Waals surface area contributed by atoms with E-state index in [0.29, 0.717) is 33.8 Å². The Hall–Kier alpha value is -3.15. The molecule has 2 aromatic carbocycles. The van der Waals surface area contributed by atoms with Crippen molar-refractivity contribution in [2.45, 2.75) is 6.92 Å². The van der Waals surface area contributed by atoms with Crippen LogP contribution in [0.25, 0.3) is 11.1 Å². The third-order valence-corrected chi connectivity index (χ3v) is 3.30. The minimum atomic E-state index is -0.459. The number of hydrogen-bond acceptors (Lipinski definition) is 5. The number of carbonyl (C=O) groups excluding carboxylic acids is 2. The molecule has 0 fully saturated rings. The van der Waals surface area contributed by atoms with Gasteiger partial charge in [0, 0.05) is 18.2 Å². The van der Waals surface area contributed by atoms with E-state index in [9.17, 15) is 9.59 Å². The Kier molecular flexibility index (Phi) is 3.80. The molecule has 6 nitrogen and oxygen atoms in total. The van der Waals surface area contributed by atoms with Crippen molar-refractivity contribution in [3.8, 4) is 0 Å². The van der Waals surface area contributed by atoms with Crippen molar-refractivity contribution in [2.75, 3.05) is 12.4 Å². The number of nitrogens with zero attached hydrogens (tertiary/aromatic N) is 1. The molecule has 23 heavy (non-hydrogen) atoms. The van der Waals surface area contributed by atoms with E-state index < -0.39 is 5.97 Å². The highest BCUT2D eigenvalue weighted by atomic mass is 16.5. The van der Waals surface area contributed by atoms with Gasteiger partial charge in [-0.15, -0.1) is 0 Å². The molecule has 0 aliphatic carbocycles. The quantitative estimate of drug-likeness (QED) is 0.751. The summed E-state index contributed by atoms with van der Waals surface area (Å²) in [7, 11) is 1.31. The van der Waals surface area contributed by atoms with Crippen molar-refractivity contribution in [1.82, 2.24) is 4.98 Å². The number of carbonyl (C=O) groups is 2. The summed E-state index contributed by atoms with van der Waals surface area (Å²) in [5, 5.41) is 2.74. The normalized spacial score (nSPS) is 10.5. The molecular formula is C17H14N2O4. The molecule has 0 bridgehead atoms. The summed E-state index contributed by atoms with van der Waals surface area (Å²) in [6, 6.07) is 11.6. The number of fused-ring (bicyclic) bond motifs is 1. The molecule has 116 valence electrons. The predicted octanol–water partition coefficient (Wildman–Crippen LogP) is 3.18. The Morgan fingerprint density at radius 3 is 2.74 bits per heavy atom. The molecule has 3 rings (SSSR count). The molecule has 0 saturated heterocycles. The second kappa shape index (κ2) is 5.92. The lowest BCUT2D eigenvalue weighted by molar-refractivity contribution is 0.0600. The average Bonchev–Trinajstić information content (AvgIpc) is 2.93. The molecule has 0 unspecified atom stereocenters. The molecule has 1 N–H and O–H groups in total. The average molecular weight is 310 g/mol. The number of nitrogens with one attached hydrogen (secondary N) is 1. The highest BCUT2D eigenvalue weighted by Crippen LogP contribution is 2.18. The van der Waals surface area contributed by atoms with Gasteiger partial charge in [0.15, 0.2) is 11.5 Å². The number of methoxy groups -OCH3 is 1. The molecule has 0 atom stereocenters. The van der Waals surface area contributed by atoms with E-state index in [-0.39, 0.29) is 5.91 Å². The number of anilines is 1. The molecule has 0 spiro atoms. The zero-order chi connectivity index (χ0) is 16.4. The lowest BCUT2D eigenvalue weighted by Gasteiger charge is -2.06. The molecule has 1 heterocycles. The number of hydrogen-bond donors (Lipinski definition) is 1. The van der Waals surface area contributed by atoms with Crippen molar-refractivity contribution in [2.24, 2.45) is 0 Å². The van der Waals surface area contributed by atoms with Crippen molar-refractivity contribution in [3.63, 3.8) is 0 Å². The van der Waals surface area contributed by atoms with Crippen LogP contribution in [0.4, 0.5) is 5.69 Å². The minimum absolute atomic E-state index is 0.303. The molecule has 0 radical (unpaired) electrons. The summed E-state index contributed by atoms with van der Waals surface area (Å²) in [5.41, 5.74) is 2.57. The molecule has 1 amide bonds. The minimum Gasteiger partial charge on any atom is -0.465 e. The van der Waals surface area contributed by atoms with Gasteiger partial charge in [-0.05, 0) is 36.4 Å². The Morgan fingerprint density at radius 2 is 1.96 bits per heavy atom. The van der Waals surface area contributed by atoms with E-state index in [2.05, 4.69) is 15.0 Å². The van der Waals surface area contributed by atoms with Gasteiger partial charge < -0.3 is 14.5 Å². The third kappa shape index (κ3) is 3.06. The number of rotatable bonds is 3. The fourth-order valence-corrected chi connectivity index (χ4v) is 2.23. The number of esters is 1. The molecular weight excluding hydrogens is 296 g/mol. The van der Waals surface area contributed by atoms with Gasteiger partial charge in [-0.3, -0.25) is 4.79 Å². The molecule has 6 heteroatoms. The van der Waals surface area contributed by atoms with Crippen molar-refractivity contribution in [3.05, 3.63) is 59.5 Å². The van der Waals surface area contributed by atoms with E-state index in [0.717, 1.165) is 0 Å². The Balaban J connectivity index is 1.84. The van der Waals surface area contributed by atoms with E-state index in [1.165, 1.54) is 7.11 Å². The molecule has 1 aromatic heterocycles. The van der Waals surface area contributed by atoms with Gasteiger partial charge in [0.2, 0.25) is 0 Å². The van der Waals surface area contributed by atoms with Gasteiger partial charge in [0.05, 0.1) is 12.7 Å². The maximum absolute atomic E-state index is 12.3. The first-order chi connectivity index (χ1) is 11.1. The second-order valence-corrected chi connectivity index (χ2v) is 4.94. The summed E-state index contributed by atoms with van der Waals surface area (Å²) >= 11 is 0. The Bertz CT molecular complexity index is 898. The van der Waals surface area contributed by atoms with E-state index in [4.69, 9.17) is 4.42 Å². The Morgan fingerprint density at radius 1 is 1.13 bits per heavy atom. The van der Waals surface area contributed by atoms with Crippen LogP contribution in [0.3, 0.4) is 0 Å². The van der Waals surface area contributed by atoms with Crippen LogP contribution in [-0.4, -0.2) is 24.0 Å². The lowest BCUT2D eigenvalue weighted by Crippen LogP contribution is -2.12. The van der Waals surface area contributed by atoms with Crippen molar-refractivity contribution < 1.29 is 18.7 Å². The van der Waals surface area contributed by atoms with Gasteiger partial charge in [0.25, 0.3) is 5.91 Å². The first-order valence-electron chi connectivity index (χ1n) is 6.94. The van der Waals surface area contributed by atoms with Gasteiger partial charge in [-0.25, -0.2) is 9.78 Å². The fourth-order valence-electron chi connectivity index (χ4n) is 2.23. The van der Waals surface area contributed by atoms with Crippen LogP contribution in [0, 0.1) is 6.92 Å². The molecule has 0 aliphatic rings. The zero-order valence-corrected chi connectivity index (χ0v) is 12.6. The van der Waals surface area contributed by atoms with Gasteiger partial charge in [0.1, 0.15) is 5.52 Å². The standard InChI is InChI=1S/C17H14N2O4/c1-10-18-14-7-6-11(9-15(14)23-10)16(20)19-13-5-3-4-12(8-13)17(21)22-2/h3-9H,1-2H3,(H,19,20). The van der Waals surface area contributed by atoms with Crippen LogP contribution in [0.15, 0.2) is 46.9 Å². The lowest BCUT2D eigenvalue weighted by atomic mass is 10.1. The van der Waals surface area contributed by atoms with Crippen molar-refractivity contribution in [1.29, 1.82) is 0 Å². The van der Waals surface area contributed by atoms with Gasteiger partial charge >= 0.3 is 5.97 Å². The van der Waals surface area contributed by atoms with Crippen LogP contribution in [-0.2, 0) is 4.74 Å². The maximum atomic E-state index is 12.3. The van der Waals surface area contributed by atoms with Crippen molar-refractivity contribution >= 4 is 28.7 Å². The van der Waals surface area contributed by atoms with E-state index >= 15 is 0 Å². The smallest absolute Gasteiger partial charge is 0.337 e. The monoisotopic (exact) mass is 310 g/mol. The zero-order valence-electron chi connectivity index (χ0n) is 12.6. The molecule has 0 saturated carbocycles. The summed E-state index contributed by atoms with van der Waals surface area (Å²) < 4.78 is 10.1. The summed E-state index contributed by atoms with van der Waals surface area (Å²) in [5.74, 6) is -0.217. The first kappa shape index (κ1) is 14.8. The molecule has 0 aliphatic heterocycles. The number of oxazole rings is 1. The second-order valence-electron chi connectivity index (χ2n) is 4.94. The van der Waals surface area contributed by atoms with E-state index in [1.54, 1.807) is 49.4 Å². The fraction of sp³-hybridized carbons (Fsp3) is 0.118. The van der Waals surface area contributed by atoms with Crippen LogP contribution in [0.1, 0.15) is 26.6 Å². The number of ether oxygens (including phenoxy) is 1. The summed E-state index contributed by atoms with van der Waals surface area (Å²) in [6.07, 6.45) is 0. The van der Waals surface area contributed by atoms with E-state index in [1.807, 2.05) is 0 Å².